The summed E-state index contributed by atoms with van der Waals surface area (Å²) in [5.41, 5.74) is 9.26. The summed E-state index contributed by atoms with van der Waals surface area (Å²) in [6.07, 6.45) is 0.797. The molecule has 0 aliphatic rings. The number of nitrogens with zero attached hydrogens (tertiary/aromatic N) is 1. The molecule has 0 fully saturated rings. The van der Waals surface area contributed by atoms with Crippen molar-refractivity contribution in [3.63, 3.8) is 0 Å². The standard InChI is InChI=1S/C19H21N3O2S/c20-9-4-10-21-18(23)12-25-13-19-22-16-11-15(7-8-17(16)24-19)14-5-2-1-3-6-14/h1-3,5-8,11H,4,9-10,12-13,20H2,(H,21,23). The highest BCUT2D eigenvalue weighted by molar-refractivity contribution is 7.99. The number of thioether (sulfide) groups is 1. The van der Waals surface area contributed by atoms with Crippen LogP contribution in [0.15, 0.2) is 52.9 Å². The lowest BCUT2D eigenvalue weighted by molar-refractivity contribution is -0.118. The summed E-state index contributed by atoms with van der Waals surface area (Å²) < 4.78 is 5.76. The Hall–Kier alpha value is -2.31. The topological polar surface area (TPSA) is 81.1 Å². The number of hydrogen-bond donors (Lipinski definition) is 2. The summed E-state index contributed by atoms with van der Waals surface area (Å²) in [7, 11) is 0. The average molecular weight is 355 g/mol. The van der Waals surface area contributed by atoms with Gasteiger partial charge in [0.25, 0.3) is 0 Å². The molecule has 0 saturated carbocycles. The number of fused-ring (bicyclic) bond motifs is 1. The Kier molecular flexibility index (Phi) is 6.09. The van der Waals surface area contributed by atoms with Crippen LogP contribution in [-0.4, -0.2) is 29.7 Å². The van der Waals surface area contributed by atoms with E-state index in [1.54, 1.807) is 0 Å². The largest absolute Gasteiger partial charge is 0.440 e. The number of oxazole rings is 1. The molecule has 25 heavy (non-hydrogen) atoms. The summed E-state index contributed by atoms with van der Waals surface area (Å²) in [6, 6.07) is 16.2. The molecule has 1 aromatic heterocycles. The molecule has 1 heterocycles. The molecular formula is C19H21N3O2S. The molecule has 3 rings (SSSR count). The van der Waals surface area contributed by atoms with Crippen molar-refractivity contribution in [3.8, 4) is 11.1 Å². The van der Waals surface area contributed by atoms with Gasteiger partial charge in [-0.2, -0.15) is 0 Å². The van der Waals surface area contributed by atoms with Crippen molar-refractivity contribution < 1.29 is 9.21 Å². The fraction of sp³-hybridized carbons (Fsp3) is 0.263. The van der Waals surface area contributed by atoms with E-state index in [0.29, 0.717) is 30.5 Å². The zero-order valence-corrected chi connectivity index (χ0v) is 14.7. The lowest BCUT2D eigenvalue weighted by atomic mass is 10.1. The van der Waals surface area contributed by atoms with E-state index in [9.17, 15) is 4.79 Å². The van der Waals surface area contributed by atoms with E-state index in [0.717, 1.165) is 28.6 Å². The van der Waals surface area contributed by atoms with Gasteiger partial charge in [0.05, 0.1) is 11.5 Å². The summed E-state index contributed by atoms with van der Waals surface area (Å²) >= 11 is 1.49. The quantitative estimate of drug-likeness (QED) is 0.607. The Labute approximate surface area is 151 Å². The maximum absolute atomic E-state index is 11.7. The number of rotatable bonds is 8. The van der Waals surface area contributed by atoms with E-state index in [-0.39, 0.29) is 5.91 Å². The number of hydrogen-bond acceptors (Lipinski definition) is 5. The first-order valence-corrected chi connectivity index (χ1v) is 9.41. The second kappa shape index (κ2) is 8.69. The average Bonchev–Trinajstić information content (AvgIpc) is 3.04. The maximum Gasteiger partial charge on any atom is 0.230 e. The molecule has 0 aliphatic heterocycles. The minimum atomic E-state index is 0.0147. The van der Waals surface area contributed by atoms with Crippen molar-refractivity contribution in [1.82, 2.24) is 10.3 Å². The van der Waals surface area contributed by atoms with Gasteiger partial charge in [0.2, 0.25) is 11.8 Å². The van der Waals surface area contributed by atoms with Crippen LogP contribution in [0.3, 0.4) is 0 Å². The predicted molar refractivity (Wildman–Crippen MR) is 102 cm³/mol. The van der Waals surface area contributed by atoms with Crippen molar-refractivity contribution in [2.75, 3.05) is 18.8 Å². The molecule has 130 valence electrons. The molecule has 3 aromatic rings. The van der Waals surface area contributed by atoms with Crippen molar-refractivity contribution in [3.05, 3.63) is 54.4 Å². The fourth-order valence-corrected chi connectivity index (χ4v) is 3.15. The van der Waals surface area contributed by atoms with Crippen LogP contribution in [0.5, 0.6) is 0 Å². The van der Waals surface area contributed by atoms with E-state index in [1.807, 2.05) is 36.4 Å². The van der Waals surface area contributed by atoms with Crippen molar-refractivity contribution in [1.29, 1.82) is 0 Å². The summed E-state index contributed by atoms with van der Waals surface area (Å²) in [6.45, 7) is 1.21. The highest BCUT2D eigenvalue weighted by Crippen LogP contribution is 2.25. The van der Waals surface area contributed by atoms with E-state index in [4.69, 9.17) is 10.2 Å². The Morgan fingerprint density at radius 1 is 1.16 bits per heavy atom. The highest BCUT2D eigenvalue weighted by atomic mass is 32.2. The lowest BCUT2D eigenvalue weighted by Crippen LogP contribution is -2.27. The third-order valence-corrected chi connectivity index (χ3v) is 4.62. The molecule has 3 N–H and O–H groups in total. The summed E-state index contributed by atoms with van der Waals surface area (Å²) in [4.78, 5) is 16.2. The predicted octanol–water partition coefficient (Wildman–Crippen LogP) is 3.19. The minimum Gasteiger partial charge on any atom is -0.440 e. The molecule has 6 heteroatoms. The molecule has 0 atom stereocenters. The van der Waals surface area contributed by atoms with Gasteiger partial charge in [-0.3, -0.25) is 4.79 Å². The Bertz CT molecular complexity index is 833. The van der Waals surface area contributed by atoms with E-state index in [2.05, 4.69) is 22.4 Å². The SMILES string of the molecule is NCCCNC(=O)CSCc1nc2cc(-c3ccccc3)ccc2o1. The van der Waals surface area contributed by atoms with E-state index < -0.39 is 0 Å². The third kappa shape index (κ3) is 4.84. The van der Waals surface area contributed by atoms with Crippen LogP contribution in [-0.2, 0) is 10.5 Å². The smallest absolute Gasteiger partial charge is 0.230 e. The highest BCUT2D eigenvalue weighted by Gasteiger charge is 2.09. The molecule has 1 amide bonds. The second-order valence-electron chi connectivity index (χ2n) is 5.64. The van der Waals surface area contributed by atoms with Gasteiger partial charge in [0.1, 0.15) is 5.52 Å². The first-order chi connectivity index (χ1) is 12.3. The second-order valence-corrected chi connectivity index (χ2v) is 6.63. The molecule has 0 spiro atoms. The van der Waals surface area contributed by atoms with Gasteiger partial charge in [0.15, 0.2) is 5.58 Å². The number of nitrogens with two attached hydrogens (primary N) is 1. The van der Waals surface area contributed by atoms with Gasteiger partial charge in [-0.05, 0) is 36.2 Å². The zero-order chi connectivity index (χ0) is 17.5. The van der Waals surface area contributed by atoms with Crippen LogP contribution >= 0.6 is 11.8 Å². The number of benzene rings is 2. The maximum atomic E-state index is 11.7. The van der Waals surface area contributed by atoms with E-state index >= 15 is 0 Å². The third-order valence-electron chi connectivity index (χ3n) is 3.70. The van der Waals surface area contributed by atoms with Gasteiger partial charge >= 0.3 is 0 Å². The molecule has 0 saturated heterocycles. The van der Waals surface area contributed by atoms with Crippen LogP contribution in [0.1, 0.15) is 12.3 Å². The summed E-state index contributed by atoms with van der Waals surface area (Å²) in [5, 5.41) is 2.83. The Balaban J connectivity index is 1.59. The Morgan fingerprint density at radius 2 is 2.00 bits per heavy atom. The van der Waals surface area contributed by atoms with Gasteiger partial charge in [-0.15, -0.1) is 11.8 Å². The molecular weight excluding hydrogens is 334 g/mol. The van der Waals surface area contributed by atoms with Crippen molar-refractivity contribution in [2.24, 2.45) is 5.73 Å². The van der Waals surface area contributed by atoms with Crippen LogP contribution < -0.4 is 11.1 Å². The van der Waals surface area contributed by atoms with Crippen LogP contribution in [0.25, 0.3) is 22.2 Å². The normalized spacial score (nSPS) is 10.9. The number of carbonyl (C=O) groups is 1. The van der Waals surface area contributed by atoms with Crippen LogP contribution in [0.2, 0.25) is 0 Å². The number of aromatic nitrogens is 1. The fourth-order valence-electron chi connectivity index (χ4n) is 2.46. The molecule has 0 radical (unpaired) electrons. The van der Waals surface area contributed by atoms with Crippen molar-refractivity contribution >= 4 is 28.8 Å². The zero-order valence-electron chi connectivity index (χ0n) is 13.9. The van der Waals surface area contributed by atoms with Crippen LogP contribution in [0, 0.1) is 0 Å². The van der Waals surface area contributed by atoms with Gasteiger partial charge in [-0.1, -0.05) is 36.4 Å². The van der Waals surface area contributed by atoms with Gasteiger partial charge in [-0.25, -0.2) is 4.98 Å². The minimum absolute atomic E-state index is 0.0147. The Morgan fingerprint density at radius 3 is 2.80 bits per heavy atom. The monoisotopic (exact) mass is 355 g/mol. The molecule has 2 aromatic carbocycles. The van der Waals surface area contributed by atoms with E-state index in [1.165, 1.54) is 11.8 Å². The van der Waals surface area contributed by atoms with Crippen LogP contribution in [0.4, 0.5) is 0 Å². The first kappa shape index (κ1) is 17.5. The van der Waals surface area contributed by atoms with Gasteiger partial charge in [0, 0.05) is 6.54 Å². The van der Waals surface area contributed by atoms with Gasteiger partial charge < -0.3 is 15.5 Å². The van der Waals surface area contributed by atoms with Crippen molar-refractivity contribution in [2.45, 2.75) is 12.2 Å². The first-order valence-electron chi connectivity index (χ1n) is 8.25. The lowest BCUT2D eigenvalue weighted by Gasteiger charge is -2.02. The molecule has 0 aliphatic carbocycles. The number of amides is 1. The molecule has 0 unspecified atom stereocenters. The number of nitrogens with one attached hydrogen (secondary N) is 1. The molecule has 5 nitrogen and oxygen atoms in total. The molecule has 0 bridgehead atoms. The number of carbonyl (C=O) groups excluding carboxylic acids is 1. The summed E-state index contributed by atoms with van der Waals surface area (Å²) in [5.74, 6) is 1.61.